The lowest BCUT2D eigenvalue weighted by molar-refractivity contribution is -0.124. The molecule has 0 saturated heterocycles. The van der Waals surface area contributed by atoms with Gasteiger partial charge in [0.1, 0.15) is 0 Å². The maximum atomic E-state index is 12.7. The molecule has 0 radical (unpaired) electrons. The molecular formula is C19H29NO. The van der Waals surface area contributed by atoms with Crippen LogP contribution in [0.2, 0.25) is 0 Å². The lowest BCUT2D eigenvalue weighted by Gasteiger charge is -2.34. The highest BCUT2D eigenvalue weighted by atomic mass is 16.1. The third kappa shape index (κ3) is 4.09. The van der Waals surface area contributed by atoms with Gasteiger partial charge < -0.3 is 5.32 Å². The summed E-state index contributed by atoms with van der Waals surface area (Å²) in [5.74, 6) is 0.167. The van der Waals surface area contributed by atoms with Crippen LogP contribution in [0.15, 0.2) is 18.2 Å². The Hall–Kier alpha value is -1.31. The first kappa shape index (κ1) is 16.1. The third-order valence-corrected chi connectivity index (χ3v) is 4.32. The Bertz CT molecular complexity index is 531. The molecule has 1 aromatic carbocycles. The second-order valence-corrected chi connectivity index (χ2v) is 8.66. The summed E-state index contributed by atoms with van der Waals surface area (Å²) < 4.78 is 0. The summed E-state index contributed by atoms with van der Waals surface area (Å²) in [6.45, 7) is 13.1. The Morgan fingerprint density at radius 3 is 2.14 bits per heavy atom. The first-order chi connectivity index (χ1) is 9.56. The van der Waals surface area contributed by atoms with Crippen molar-refractivity contribution in [1.82, 2.24) is 0 Å². The molecule has 2 rings (SSSR count). The molecule has 21 heavy (non-hydrogen) atoms. The van der Waals surface area contributed by atoms with Crippen molar-refractivity contribution in [2.45, 2.75) is 60.8 Å². The zero-order valence-electron chi connectivity index (χ0n) is 14.3. The number of hydrogen-bond acceptors (Lipinski definition) is 1. The Balaban J connectivity index is 2.12. The van der Waals surface area contributed by atoms with Crippen LogP contribution in [-0.2, 0) is 17.6 Å². The zero-order chi connectivity index (χ0) is 15.8. The molecule has 1 aromatic rings. The molecule has 116 valence electrons. The topological polar surface area (TPSA) is 29.1 Å². The van der Waals surface area contributed by atoms with E-state index < -0.39 is 0 Å². The predicted octanol–water partition coefficient (Wildman–Crippen LogP) is 4.82. The number of carbonyl (C=O) groups is 1. The number of carbonyl (C=O) groups excluding carboxylic acids is 1. The first-order valence-electron chi connectivity index (χ1n) is 7.99. The molecule has 0 bridgehead atoms. The van der Waals surface area contributed by atoms with Gasteiger partial charge in [0.05, 0.1) is 0 Å². The molecular weight excluding hydrogens is 258 g/mol. The van der Waals surface area contributed by atoms with Crippen LogP contribution < -0.4 is 5.32 Å². The van der Waals surface area contributed by atoms with Gasteiger partial charge in [0.15, 0.2) is 0 Å². The number of rotatable bonds is 3. The standard InChI is InChI=1S/C19H29NO/c1-18(2,3)12-16(19(4,5)6)17(21)20-15-10-9-13-7-8-14(13)11-15/h9-11,16H,7-8,12H2,1-6H3,(H,20,21). The fourth-order valence-corrected chi connectivity index (χ4v) is 2.91. The monoisotopic (exact) mass is 287 g/mol. The van der Waals surface area contributed by atoms with Crippen LogP contribution in [0.4, 0.5) is 5.69 Å². The van der Waals surface area contributed by atoms with Gasteiger partial charge >= 0.3 is 0 Å². The van der Waals surface area contributed by atoms with Gasteiger partial charge in [0.25, 0.3) is 0 Å². The van der Waals surface area contributed by atoms with Crippen LogP contribution >= 0.6 is 0 Å². The van der Waals surface area contributed by atoms with Crippen LogP contribution in [0, 0.1) is 16.7 Å². The van der Waals surface area contributed by atoms with Crippen molar-refractivity contribution in [2.24, 2.45) is 16.7 Å². The number of hydrogen-bond donors (Lipinski definition) is 1. The lowest BCUT2D eigenvalue weighted by atomic mass is 9.71. The maximum Gasteiger partial charge on any atom is 0.228 e. The molecule has 1 N–H and O–H groups in total. The van der Waals surface area contributed by atoms with E-state index in [1.165, 1.54) is 17.5 Å². The Morgan fingerprint density at radius 2 is 1.71 bits per heavy atom. The summed E-state index contributed by atoms with van der Waals surface area (Å²) in [7, 11) is 0. The SMILES string of the molecule is CC(C)(C)CC(C(=O)Nc1ccc2c(c1)CC2)C(C)(C)C. The van der Waals surface area contributed by atoms with Gasteiger partial charge in [-0.05, 0) is 53.4 Å². The van der Waals surface area contributed by atoms with Crippen LogP contribution in [-0.4, -0.2) is 5.91 Å². The second-order valence-electron chi connectivity index (χ2n) is 8.66. The van der Waals surface area contributed by atoms with E-state index in [0.29, 0.717) is 0 Å². The molecule has 0 aliphatic heterocycles. The van der Waals surface area contributed by atoms with E-state index in [1.54, 1.807) is 0 Å². The molecule has 1 atom stereocenters. The van der Waals surface area contributed by atoms with Gasteiger partial charge in [-0.2, -0.15) is 0 Å². The minimum absolute atomic E-state index is 0.0172. The van der Waals surface area contributed by atoms with Gasteiger partial charge in [0.2, 0.25) is 5.91 Å². The molecule has 1 amide bonds. The number of nitrogens with one attached hydrogen (secondary N) is 1. The van der Waals surface area contributed by atoms with E-state index in [2.05, 4.69) is 59.0 Å². The van der Waals surface area contributed by atoms with Crippen LogP contribution in [0.1, 0.15) is 59.1 Å². The number of amides is 1. The largest absolute Gasteiger partial charge is 0.326 e. The van der Waals surface area contributed by atoms with Gasteiger partial charge in [-0.25, -0.2) is 0 Å². The highest BCUT2D eigenvalue weighted by molar-refractivity contribution is 5.93. The normalized spacial score (nSPS) is 15.9. The second kappa shape index (κ2) is 5.47. The zero-order valence-corrected chi connectivity index (χ0v) is 14.3. The quantitative estimate of drug-likeness (QED) is 0.848. The van der Waals surface area contributed by atoms with Gasteiger partial charge in [-0.1, -0.05) is 47.6 Å². The van der Waals surface area contributed by atoms with Crippen molar-refractivity contribution in [3.8, 4) is 0 Å². The van der Waals surface area contributed by atoms with Gasteiger partial charge in [0, 0.05) is 11.6 Å². The summed E-state index contributed by atoms with van der Waals surface area (Å²) in [5.41, 5.74) is 3.88. The summed E-state index contributed by atoms with van der Waals surface area (Å²) in [6, 6.07) is 6.31. The van der Waals surface area contributed by atoms with Crippen molar-refractivity contribution >= 4 is 11.6 Å². The van der Waals surface area contributed by atoms with Gasteiger partial charge in [-0.3, -0.25) is 4.79 Å². The first-order valence-corrected chi connectivity index (χ1v) is 7.99. The average Bonchev–Trinajstić information content (AvgIpc) is 2.27. The van der Waals surface area contributed by atoms with E-state index in [1.807, 2.05) is 6.07 Å². The van der Waals surface area contributed by atoms with E-state index in [4.69, 9.17) is 0 Å². The van der Waals surface area contributed by atoms with Crippen molar-refractivity contribution < 1.29 is 4.79 Å². The summed E-state index contributed by atoms with van der Waals surface area (Å²) in [6.07, 6.45) is 3.22. The Kier molecular flexibility index (Phi) is 4.19. The highest BCUT2D eigenvalue weighted by Crippen LogP contribution is 2.37. The van der Waals surface area contributed by atoms with E-state index in [0.717, 1.165) is 18.5 Å². The van der Waals surface area contributed by atoms with Crippen LogP contribution in [0.3, 0.4) is 0 Å². The summed E-state index contributed by atoms with van der Waals surface area (Å²) in [5, 5.41) is 3.13. The minimum Gasteiger partial charge on any atom is -0.326 e. The maximum absolute atomic E-state index is 12.7. The predicted molar refractivity (Wildman–Crippen MR) is 89.5 cm³/mol. The lowest BCUT2D eigenvalue weighted by Crippen LogP contribution is -2.36. The third-order valence-electron chi connectivity index (χ3n) is 4.32. The van der Waals surface area contributed by atoms with E-state index in [-0.39, 0.29) is 22.7 Å². The number of anilines is 1. The minimum atomic E-state index is -0.0306. The summed E-state index contributed by atoms with van der Waals surface area (Å²) in [4.78, 5) is 12.7. The number of aryl methyl sites for hydroxylation is 2. The molecule has 2 heteroatoms. The molecule has 0 spiro atoms. The average molecular weight is 287 g/mol. The van der Waals surface area contributed by atoms with Crippen LogP contribution in [0.5, 0.6) is 0 Å². The molecule has 2 nitrogen and oxygen atoms in total. The number of benzene rings is 1. The number of fused-ring (bicyclic) bond motifs is 1. The molecule has 0 saturated carbocycles. The van der Waals surface area contributed by atoms with Crippen molar-refractivity contribution in [3.63, 3.8) is 0 Å². The fourth-order valence-electron chi connectivity index (χ4n) is 2.91. The molecule has 0 fully saturated rings. The molecule has 0 aromatic heterocycles. The van der Waals surface area contributed by atoms with Crippen molar-refractivity contribution in [1.29, 1.82) is 0 Å². The Morgan fingerprint density at radius 1 is 1.10 bits per heavy atom. The molecule has 1 aliphatic rings. The van der Waals surface area contributed by atoms with Crippen molar-refractivity contribution in [3.05, 3.63) is 29.3 Å². The van der Waals surface area contributed by atoms with Gasteiger partial charge in [-0.15, -0.1) is 0 Å². The smallest absolute Gasteiger partial charge is 0.228 e. The van der Waals surface area contributed by atoms with E-state index in [9.17, 15) is 4.79 Å². The highest BCUT2D eigenvalue weighted by Gasteiger charge is 2.34. The molecule has 1 unspecified atom stereocenters. The molecule has 1 aliphatic carbocycles. The fraction of sp³-hybridized carbons (Fsp3) is 0.632. The Labute approximate surface area is 129 Å². The van der Waals surface area contributed by atoms with E-state index >= 15 is 0 Å². The van der Waals surface area contributed by atoms with Crippen molar-refractivity contribution in [2.75, 3.05) is 5.32 Å². The summed E-state index contributed by atoms with van der Waals surface area (Å²) >= 11 is 0. The van der Waals surface area contributed by atoms with Crippen LogP contribution in [0.25, 0.3) is 0 Å². The molecule has 0 heterocycles.